The van der Waals surface area contributed by atoms with Gasteiger partial charge in [-0.3, -0.25) is 0 Å². The van der Waals surface area contributed by atoms with Gasteiger partial charge >= 0.3 is 0 Å². The molecule has 0 radical (unpaired) electrons. The SMILES string of the molecule is C.Cc1ccc(C(C)(C)/C=C/C(C)(C)c2ccc(C)cc2)cc1. The van der Waals surface area contributed by atoms with Gasteiger partial charge in [0, 0.05) is 10.8 Å². The Morgan fingerprint density at radius 1 is 0.565 bits per heavy atom. The Hall–Kier alpha value is -1.82. The van der Waals surface area contributed by atoms with Crippen molar-refractivity contribution in [3.8, 4) is 0 Å². The van der Waals surface area contributed by atoms with E-state index >= 15 is 0 Å². The predicted octanol–water partition coefficient (Wildman–Crippen LogP) is 6.75. The highest BCUT2D eigenvalue weighted by Gasteiger charge is 2.21. The smallest absolute Gasteiger partial charge is 0.00756 e. The third-order valence-electron chi connectivity index (χ3n) is 4.51. The van der Waals surface area contributed by atoms with Crippen LogP contribution < -0.4 is 0 Å². The number of hydrogen-bond acceptors (Lipinski definition) is 0. The lowest BCUT2D eigenvalue weighted by atomic mass is 9.78. The van der Waals surface area contributed by atoms with Crippen LogP contribution in [0.3, 0.4) is 0 Å². The van der Waals surface area contributed by atoms with Gasteiger partial charge in [0.15, 0.2) is 0 Å². The van der Waals surface area contributed by atoms with Crippen molar-refractivity contribution < 1.29 is 0 Å². The first-order valence-electron chi connectivity index (χ1n) is 8.05. The molecule has 0 aliphatic rings. The molecular formula is C23H32. The quantitative estimate of drug-likeness (QED) is 0.548. The molecule has 0 saturated heterocycles. The molecule has 0 bridgehead atoms. The molecular weight excluding hydrogens is 276 g/mol. The first-order valence-corrected chi connectivity index (χ1v) is 8.05. The summed E-state index contributed by atoms with van der Waals surface area (Å²) in [7, 11) is 0. The molecule has 0 nitrogen and oxygen atoms in total. The summed E-state index contributed by atoms with van der Waals surface area (Å²) in [6.07, 6.45) is 4.69. The van der Waals surface area contributed by atoms with Gasteiger partial charge in [-0.1, -0.05) is 107 Å². The molecule has 2 aromatic carbocycles. The number of rotatable bonds is 4. The van der Waals surface area contributed by atoms with E-state index in [-0.39, 0.29) is 18.3 Å². The monoisotopic (exact) mass is 308 g/mol. The molecule has 0 fully saturated rings. The van der Waals surface area contributed by atoms with Crippen LogP contribution in [-0.4, -0.2) is 0 Å². The molecule has 0 atom stereocenters. The minimum absolute atomic E-state index is 0. The van der Waals surface area contributed by atoms with Crippen molar-refractivity contribution in [2.45, 2.75) is 59.8 Å². The van der Waals surface area contributed by atoms with E-state index in [0.29, 0.717) is 0 Å². The maximum atomic E-state index is 2.34. The van der Waals surface area contributed by atoms with Gasteiger partial charge in [-0.05, 0) is 25.0 Å². The van der Waals surface area contributed by atoms with Gasteiger partial charge in [-0.2, -0.15) is 0 Å². The topological polar surface area (TPSA) is 0 Å². The Balaban J connectivity index is 0.00000264. The fourth-order valence-electron chi connectivity index (χ4n) is 2.58. The van der Waals surface area contributed by atoms with Crippen molar-refractivity contribution in [2.75, 3.05) is 0 Å². The first-order chi connectivity index (χ1) is 10.2. The number of aryl methyl sites for hydroxylation is 2. The summed E-state index contributed by atoms with van der Waals surface area (Å²) in [5.74, 6) is 0. The van der Waals surface area contributed by atoms with E-state index in [0.717, 1.165) is 0 Å². The molecule has 0 amide bonds. The van der Waals surface area contributed by atoms with E-state index in [1.807, 2.05) is 0 Å². The third-order valence-corrected chi connectivity index (χ3v) is 4.51. The molecule has 124 valence electrons. The standard InChI is InChI=1S/C22H28.CH4/c1-17-7-11-19(12-8-17)21(3,4)15-16-22(5,6)20-13-9-18(2)10-14-20;/h7-16H,1-6H3;1H4/b16-15+;. The fraction of sp³-hybridized carbons (Fsp3) is 0.391. The number of hydrogen-bond donors (Lipinski definition) is 0. The summed E-state index contributed by atoms with van der Waals surface area (Å²) in [4.78, 5) is 0. The molecule has 0 aromatic heterocycles. The predicted molar refractivity (Wildman–Crippen MR) is 104 cm³/mol. The van der Waals surface area contributed by atoms with Gasteiger partial charge in [0.2, 0.25) is 0 Å². The molecule has 23 heavy (non-hydrogen) atoms. The Kier molecular flexibility index (Phi) is 5.99. The zero-order valence-electron chi connectivity index (χ0n) is 14.8. The number of allylic oxidation sites excluding steroid dienone is 2. The van der Waals surface area contributed by atoms with Crippen molar-refractivity contribution >= 4 is 0 Å². The second-order valence-electron chi connectivity index (χ2n) is 7.51. The molecule has 0 aliphatic carbocycles. The average molecular weight is 309 g/mol. The van der Waals surface area contributed by atoms with Crippen molar-refractivity contribution in [3.05, 3.63) is 82.9 Å². The van der Waals surface area contributed by atoms with Gasteiger partial charge < -0.3 is 0 Å². The zero-order valence-corrected chi connectivity index (χ0v) is 14.8. The molecule has 0 saturated carbocycles. The van der Waals surface area contributed by atoms with E-state index in [4.69, 9.17) is 0 Å². The lowest BCUT2D eigenvalue weighted by Crippen LogP contribution is -2.18. The van der Waals surface area contributed by atoms with E-state index in [9.17, 15) is 0 Å². The first kappa shape index (κ1) is 19.2. The second-order valence-corrected chi connectivity index (χ2v) is 7.51. The highest BCUT2D eigenvalue weighted by atomic mass is 14.3. The Bertz CT molecular complexity index is 578. The molecule has 2 rings (SSSR count). The van der Waals surface area contributed by atoms with E-state index in [1.165, 1.54) is 22.3 Å². The van der Waals surface area contributed by atoms with Crippen LogP contribution in [0.15, 0.2) is 60.7 Å². The van der Waals surface area contributed by atoms with Crippen LogP contribution in [0.4, 0.5) is 0 Å². The Morgan fingerprint density at radius 2 is 0.826 bits per heavy atom. The van der Waals surface area contributed by atoms with Crippen LogP contribution in [-0.2, 0) is 10.8 Å². The van der Waals surface area contributed by atoms with Crippen LogP contribution in [0.5, 0.6) is 0 Å². The van der Waals surface area contributed by atoms with Gasteiger partial charge in [-0.25, -0.2) is 0 Å². The van der Waals surface area contributed by atoms with Crippen LogP contribution >= 0.6 is 0 Å². The lowest BCUT2D eigenvalue weighted by Gasteiger charge is -2.26. The maximum absolute atomic E-state index is 2.34. The number of benzene rings is 2. The van der Waals surface area contributed by atoms with Gasteiger partial charge in [0.25, 0.3) is 0 Å². The molecule has 0 N–H and O–H groups in total. The third kappa shape index (κ3) is 4.82. The summed E-state index contributed by atoms with van der Waals surface area (Å²) < 4.78 is 0. The molecule has 0 unspecified atom stereocenters. The van der Waals surface area contributed by atoms with E-state index in [2.05, 4.69) is 102 Å². The minimum atomic E-state index is 0. The summed E-state index contributed by atoms with van der Waals surface area (Å²) in [5.41, 5.74) is 5.40. The van der Waals surface area contributed by atoms with Gasteiger partial charge in [0.05, 0.1) is 0 Å². The van der Waals surface area contributed by atoms with Gasteiger partial charge in [0.1, 0.15) is 0 Å². The summed E-state index contributed by atoms with van der Waals surface area (Å²) in [6, 6.07) is 17.7. The highest BCUT2D eigenvalue weighted by molar-refractivity contribution is 5.35. The minimum Gasteiger partial charge on any atom is -0.0776 e. The molecule has 0 heteroatoms. The average Bonchev–Trinajstić information content (AvgIpc) is 2.46. The van der Waals surface area contributed by atoms with Crippen LogP contribution in [0.1, 0.15) is 57.4 Å². The summed E-state index contributed by atoms with van der Waals surface area (Å²) in [5, 5.41) is 0. The zero-order chi connectivity index (χ0) is 16.4. The van der Waals surface area contributed by atoms with Crippen LogP contribution in [0, 0.1) is 13.8 Å². The Labute approximate surface area is 143 Å². The normalized spacial score (nSPS) is 12.3. The summed E-state index contributed by atoms with van der Waals surface area (Å²) in [6.45, 7) is 13.4. The molecule has 0 heterocycles. The van der Waals surface area contributed by atoms with Crippen molar-refractivity contribution in [1.82, 2.24) is 0 Å². The molecule has 0 spiro atoms. The lowest BCUT2D eigenvalue weighted by molar-refractivity contribution is 0.626. The van der Waals surface area contributed by atoms with E-state index < -0.39 is 0 Å². The molecule has 0 aliphatic heterocycles. The van der Waals surface area contributed by atoms with Crippen LogP contribution in [0.2, 0.25) is 0 Å². The van der Waals surface area contributed by atoms with Gasteiger partial charge in [-0.15, -0.1) is 0 Å². The van der Waals surface area contributed by atoms with Crippen LogP contribution in [0.25, 0.3) is 0 Å². The summed E-state index contributed by atoms with van der Waals surface area (Å²) >= 11 is 0. The largest absolute Gasteiger partial charge is 0.0776 e. The van der Waals surface area contributed by atoms with E-state index in [1.54, 1.807) is 0 Å². The Morgan fingerprint density at radius 3 is 1.09 bits per heavy atom. The maximum Gasteiger partial charge on any atom is 0.00756 e. The second kappa shape index (κ2) is 7.17. The molecule has 2 aromatic rings. The fourth-order valence-corrected chi connectivity index (χ4v) is 2.58. The van der Waals surface area contributed by atoms with Crippen molar-refractivity contribution in [2.24, 2.45) is 0 Å². The van der Waals surface area contributed by atoms with Crippen molar-refractivity contribution in [1.29, 1.82) is 0 Å². The highest BCUT2D eigenvalue weighted by Crippen LogP contribution is 2.30. The van der Waals surface area contributed by atoms with Crippen molar-refractivity contribution in [3.63, 3.8) is 0 Å².